The summed E-state index contributed by atoms with van der Waals surface area (Å²) in [7, 11) is -3.32. The molecule has 0 aromatic heterocycles. The second kappa shape index (κ2) is 5.39. The molecule has 1 heterocycles. The summed E-state index contributed by atoms with van der Waals surface area (Å²) in [6.45, 7) is 0.375. The third kappa shape index (κ3) is 2.77. The molecule has 1 fully saturated rings. The molecule has 0 spiro atoms. The fraction of sp³-hybridized carbons (Fsp3) is 0.417. The highest BCUT2D eigenvalue weighted by Gasteiger charge is 2.29. The summed E-state index contributed by atoms with van der Waals surface area (Å²) in [5.41, 5.74) is 5.55. The zero-order valence-electron chi connectivity index (χ0n) is 10.6. The van der Waals surface area contributed by atoms with Crippen molar-refractivity contribution >= 4 is 21.6 Å². The van der Waals surface area contributed by atoms with Gasteiger partial charge < -0.3 is 15.9 Å². The maximum absolute atomic E-state index is 11.8. The van der Waals surface area contributed by atoms with Crippen molar-refractivity contribution in [2.45, 2.75) is 18.6 Å². The number of rotatable bonds is 4. The molecule has 1 aromatic rings. The summed E-state index contributed by atoms with van der Waals surface area (Å²) in [5, 5.41) is 19.3. The fourth-order valence-electron chi connectivity index (χ4n) is 2.13. The lowest BCUT2D eigenvalue weighted by Crippen LogP contribution is -2.34. The first kappa shape index (κ1) is 14.8. The van der Waals surface area contributed by atoms with E-state index in [1.54, 1.807) is 12.1 Å². The third-order valence-electron chi connectivity index (χ3n) is 3.19. The largest absolute Gasteiger partial charge is 0.385 e. The van der Waals surface area contributed by atoms with E-state index in [9.17, 15) is 23.4 Å². The number of nitrogens with two attached hydrogens (primary N) is 1. The van der Waals surface area contributed by atoms with Crippen LogP contribution in [0.4, 0.5) is 5.69 Å². The van der Waals surface area contributed by atoms with Gasteiger partial charge in [0.1, 0.15) is 6.10 Å². The highest BCUT2D eigenvalue weighted by atomic mass is 32.2. The highest BCUT2D eigenvalue weighted by Crippen LogP contribution is 2.27. The number of aliphatic hydroxyl groups is 2. The van der Waals surface area contributed by atoms with Gasteiger partial charge in [0.2, 0.25) is 15.9 Å². The molecule has 0 saturated carbocycles. The van der Waals surface area contributed by atoms with Gasteiger partial charge in [0.15, 0.2) is 6.10 Å². The van der Waals surface area contributed by atoms with Crippen molar-refractivity contribution in [3.8, 4) is 0 Å². The van der Waals surface area contributed by atoms with Crippen LogP contribution >= 0.6 is 0 Å². The van der Waals surface area contributed by atoms with Gasteiger partial charge in [-0.3, -0.25) is 9.10 Å². The van der Waals surface area contributed by atoms with Gasteiger partial charge >= 0.3 is 0 Å². The van der Waals surface area contributed by atoms with Crippen LogP contribution in [-0.4, -0.2) is 42.9 Å². The first-order chi connectivity index (χ1) is 9.33. The SMILES string of the molecule is NC(=O)C(O)C(O)c1cccc(N2CCCS2(=O)=O)c1. The average molecular weight is 300 g/mol. The van der Waals surface area contributed by atoms with Crippen LogP contribution in [0, 0.1) is 0 Å². The molecule has 4 N–H and O–H groups in total. The summed E-state index contributed by atoms with van der Waals surface area (Å²) in [5.74, 6) is -0.958. The molecule has 8 heteroatoms. The van der Waals surface area contributed by atoms with Crippen LogP contribution in [-0.2, 0) is 14.8 Å². The molecule has 0 bridgehead atoms. The van der Waals surface area contributed by atoms with Gasteiger partial charge in [-0.2, -0.15) is 0 Å². The Labute approximate surface area is 116 Å². The Morgan fingerprint density at radius 2 is 2.05 bits per heavy atom. The van der Waals surface area contributed by atoms with E-state index >= 15 is 0 Å². The van der Waals surface area contributed by atoms with Gasteiger partial charge in [0, 0.05) is 6.54 Å². The van der Waals surface area contributed by atoms with Crippen LogP contribution in [0.3, 0.4) is 0 Å². The molecule has 0 radical (unpaired) electrons. The topological polar surface area (TPSA) is 121 Å². The number of carbonyl (C=O) groups is 1. The first-order valence-corrected chi connectivity index (χ1v) is 7.69. The Bertz CT molecular complexity index is 616. The van der Waals surface area contributed by atoms with Crippen molar-refractivity contribution in [1.29, 1.82) is 0 Å². The van der Waals surface area contributed by atoms with E-state index in [-0.39, 0.29) is 11.3 Å². The molecule has 1 aromatic carbocycles. The molecule has 2 unspecified atom stereocenters. The number of nitrogens with zero attached hydrogens (tertiary/aromatic N) is 1. The Hall–Kier alpha value is -1.64. The van der Waals surface area contributed by atoms with E-state index in [0.717, 1.165) is 0 Å². The van der Waals surface area contributed by atoms with Crippen molar-refractivity contribution in [2.75, 3.05) is 16.6 Å². The van der Waals surface area contributed by atoms with E-state index in [2.05, 4.69) is 0 Å². The van der Waals surface area contributed by atoms with Gasteiger partial charge in [-0.1, -0.05) is 12.1 Å². The number of benzene rings is 1. The Kier molecular flexibility index (Phi) is 3.98. The third-order valence-corrected chi connectivity index (χ3v) is 5.06. The number of anilines is 1. The smallest absolute Gasteiger partial charge is 0.249 e. The van der Waals surface area contributed by atoms with Crippen molar-refractivity contribution in [3.05, 3.63) is 29.8 Å². The number of hydrogen-bond donors (Lipinski definition) is 3. The maximum Gasteiger partial charge on any atom is 0.249 e. The van der Waals surface area contributed by atoms with Crippen LogP contribution in [0.5, 0.6) is 0 Å². The summed E-state index contributed by atoms with van der Waals surface area (Å²) in [4.78, 5) is 10.9. The first-order valence-electron chi connectivity index (χ1n) is 6.09. The molecular formula is C12H16N2O5S. The van der Waals surface area contributed by atoms with Crippen molar-refractivity contribution in [3.63, 3.8) is 0 Å². The van der Waals surface area contributed by atoms with E-state index < -0.39 is 28.1 Å². The molecule has 1 saturated heterocycles. The number of aliphatic hydroxyl groups excluding tert-OH is 2. The molecule has 110 valence electrons. The molecule has 2 rings (SSSR count). The summed E-state index contributed by atoms with van der Waals surface area (Å²) in [6, 6.07) is 6.06. The Morgan fingerprint density at radius 1 is 1.35 bits per heavy atom. The zero-order valence-corrected chi connectivity index (χ0v) is 11.5. The summed E-state index contributed by atoms with van der Waals surface area (Å²) >= 11 is 0. The molecule has 2 atom stereocenters. The predicted octanol–water partition coefficient (Wildman–Crippen LogP) is -0.894. The minimum Gasteiger partial charge on any atom is -0.385 e. The van der Waals surface area contributed by atoms with E-state index in [1.165, 1.54) is 16.4 Å². The number of hydrogen-bond acceptors (Lipinski definition) is 5. The van der Waals surface area contributed by atoms with E-state index in [1.807, 2.05) is 0 Å². The van der Waals surface area contributed by atoms with Gasteiger partial charge in [-0.15, -0.1) is 0 Å². The molecular weight excluding hydrogens is 284 g/mol. The number of carbonyl (C=O) groups excluding carboxylic acids is 1. The number of primary amides is 1. The molecule has 20 heavy (non-hydrogen) atoms. The highest BCUT2D eigenvalue weighted by molar-refractivity contribution is 7.93. The van der Waals surface area contributed by atoms with E-state index in [4.69, 9.17) is 5.73 Å². The normalized spacial score (nSPS) is 20.6. The quantitative estimate of drug-likeness (QED) is 0.666. The Balaban J connectivity index is 2.31. The van der Waals surface area contributed by atoms with Gasteiger partial charge in [-0.25, -0.2) is 8.42 Å². The van der Waals surface area contributed by atoms with E-state index in [0.29, 0.717) is 18.7 Å². The molecule has 7 nitrogen and oxygen atoms in total. The minimum absolute atomic E-state index is 0.0870. The number of sulfonamides is 1. The van der Waals surface area contributed by atoms with Crippen LogP contribution < -0.4 is 10.0 Å². The summed E-state index contributed by atoms with van der Waals surface area (Å²) < 4.78 is 24.9. The van der Waals surface area contributed by atoms with Crippen LogP contribution in [0.2, 0.25) is 0 Å². The van der Waals surface area contributed by atoms with Gasteiger partial charge in [0.25, 0.3) is 0 Å². The van der Waals surface area contributed by atoms with Crippen molar-refractivity contribution in [2.24, 2.45) is 5.73 Å². The van der Waals surface area contributed by atoms with Crippen LogP contribution in [0.1, 0.15) is 18.1 Å². The second-order valence-corrected chi connectivity index (χ2v) is 6.64. The molecule has 1 aliphatic heterocycles. The maximum atomic E-state index is 11.8. The lowest BCUT2D eigenvalue weighted by Gasteiger charge is -2.20. The zero-order chi connectivity index (χ0) is 14.9. The lowest BCUT2D eigenvalue weighted by molar-refractivity contribution is -0.131. The van der Waals surface area contributed by atoms with Crippen LogP contribution in [0.25, 0.3) is 0 Å². The lowest BCUT2D eigenvalue weighted by atomic mass is 10.0. The standard InChI is InChI=1S/C12H16N2O5S/c13-12(17)11(16)10(15)8-3-1-4-9(7-8)14-5-2-6-20(14,18)19/h1,3-4,7,10-11,15-16H,2,5-6H2,(H2,13,17). The molecule has 1 amide bonds. The number of amides is 1. The fourth-order valence-corrected chi connectivity index (χ4v) is 3.69. The molecule has 0 aliphatic carbocycles. The van der Waals surface area contributed by atoms with Gasteiger partial charge in [0.05, 0.1) is 11.4 Å². The monoisotopic (exact) mass is 300 g/mol. The second-order valence-electron chi connectivity index (χ2n) is 4.63. The average Bonchev–Trinajstić information content (AvgIpc) is 2.76. The Morgan fingerprint density at radius 3 is 2.60 bits per heavy atom. The summed E-state index contributed by atoms with van der Waals surface area (Å²) in [6.07, 6.45) is -2.68. The van der Waals surface area contributed by atoms with Crippen molar-refractivity contribution < 1.29 is 23.4 Å². The van der Waals surface area contributed by atoms with Crippen LogP contribution in [0.15, 0.2) is 24.3 Å². The predicted molar refractivity (Wildman–Crippen MR) is 72.4 cm³/mol. The van der Waals surface area contributed by atoms with Crippen molar-refractivity contribution in [1.82, 2.24) is 0 Å². The van der Waals surface area contributed by atoms with Gasteiger partial charge in [-0.05, 0) is 24.1 Å². The molecule has 1 aliphatic rings. The minimum atomic E-state index is -3.32.